The largest absolute Gasteiger partial charge is 0.496 e. The number of nitrogens with one attached hydrogen (secondary N) is 1. The Morgan fingerprint density at radius 2 is 2.14 bits per heavy atom. The second-order valence-corrected chi connectivity index (χ2v) is 6.24. The fraction of sp³-hybridized carbons (Fsp3) is 0.211. The Kier molecular flexibility index (Phi) is 4.56. The number of aromatic nitrogens is 4. The number of ether oxygens (including phenoxy) is 1. The summed E-state index contributed by atoms with van der Waals surface area (Å²) >= 11 is 0. The average Bonchev–Trinajstić information content (AvgIpc) is 3.11. The molecule has 0 radical (unpaired) electrons. The summed E-state index contributed by atoms with van der Waals surface area (Å²) in [6, 6.07) is 6.31. The molecule has 1 atom stereocenters. The maximum absolute atomic E-state index is 13.4. The van der Waals surface area contributed by atoms with E-state index in [9.17, 15) is 14.0 Å². The Labute approximate surface area is 159 Å². The third-order valence-corrected chi connectivity index (χ3v) is 4.55. The van der Waals surface area contributed by atoms with Gasteiger partial charge in [0.05, 0.1) is 30.1 Å². The summed E-state index contributed by atoms with van der Waals surface area (Å²) in [5.41, 5.74) is 0.929. The van der Waals surface area contributed by atoms with Gasteiger partial charge in [0.25, 0.3) is 11.5 Å². The number of fused-ring (bicyclic) bond motifs is 1. The summed E-state index contributed by atoms with van der Waals surface area (Å²) in [4.78, 5) is 37.7. The van der Waals surface area contributed by atoms with Crippen LogP contribution in [0.2, 0.25) is 0 Å². The molecule has 8 nitrogen and oxygen atoms in total. The molecular weight excluding hydrogens is 365 g/mol. The first-order valence-corrected chi connectivity index (χ1v) is 8.59. The van der Waals surface area contributed by atoms with E-state index in [-0.39, 0.29) is 16.9 Å². The van der Waals surface area contributed by atoms with Gasteiger partial charge < -0.3 is 10.1 Å². The van der Waals surface area contributed by atoms with Crippen molar-refractivity contribution >= 4 is 5.91 Å². The number of halogens is 1. The second kappa shape index (κ2) is 7.18. The van der Waals surface area contributed by atoms with Crippen LogP contribution in [0.15, 0.2) is 47.7 Å². The molecular formula is C19H16FN5O3. The van der Waals surface area contributed by atoms with Crippen LogP contribution < -0.4 is 15.6 Å². The van der Waals surface area contributed by atoms with E-state index in [0.29, 0.717) is 30.2 Å². The molecule has 28 heavy (non-hydrogen) atoms. The lowest BCUT2D eigenvalue weighted by atomic mass is 10.1. The van der Waals surface area contributed by atoms with Gasteiger partial charge in [0.2, 0.25) is 0 Å². The summed E-state index contributed by atoms with van der Waals surface area (Å²) in [5, 5.41) is 2.86. The first kappa shape index (κ1) is 17.8. The predicted octanol–water partition coefficient (Wildman–Crippen LogP) is 1.72. The van der Waals surface area contributed by atoms with Crippen LogP contribution in [0.25, 0.3) is 11.4 Å². The maximum Gasteiger partial charge on any atom is 0.255 e. The van der Waals surface area contributed by atoms with Crippen molar-refractivity contribution in [3.8, 4) is 17.1 Å². The minimum atomic E-state index is -0.498. The van der Waals surface area contributed by atoms with Crippen LogP contribution in [0.4, 0.5) is 4.39 Å². The highest BCUT2D eigenvalue weighted by Gasteiger charge is 2.28. The SMILES string of the molecule is COc1cc(F)ccc1C(=O)NC1CCn2c1nc(-c1ccncn1)cc2=O. The Hall–Kier alpha value is -3.62. The van der Waals surface area contributed by atoms with E-state index in [1.807, 2.05) is 0 Å². The van der Waals surface area contributed by atoms with E-state index in [4.69, 9.17) is 4.74 Å². The third-order valence-electron chi connectivity index (χ3n) is 4.55. The number of hydrogen-bond acceptors (Lipinski definition) is 6. The molecule has 1 aromatic carbocycles. The predicted molar refractivity (Wildman–Crippen MR) is 97.3 cm³/mol. The van der Waals surface area contributed by atoms with Crippen LogP contribution >= 0.6 is 0 Å². The molecule has 0 aliphatic carbocycles. The Morgan fingerprint density at radius 1 is 1.29 bits per heavy atom. The quantitative estimate of drug-likeness (QED) is 0.739. The van der Waals surface area contributed by atoms with Gasteiger partial charge in [-0.1, -0.05) is 0 Å². The number of carbonyl (C=O) groups is 1. The van der Waals surface area contributed by atoms with Crippen LogP contribution in [0.3, 0.4) is 0 Å². The Bertz CT molecular complexity index is 1100. The van der Waals surface area contributed by atoms with Gasteiger partial charge in [0.1, 0.15) is 23.7 Å². The van der Waals surface area contributed by atoms with Crippen molar-refractivity contribution in [3.05, 3.63) is 70.4 Å². The molecule has 1 unspecified atom stereocenters. The van der Waals surface area contributed by atoms with Gasteiger partial charge in [-0.3, -0.25) is 14.2 Å². The highest BCUT2D eigenvalue weighted by Crippen LogP contribution is 2.26. The molecule has 1 amide bonds. The van der Waals surface area contributed by atoms with Gasteiger partial charge in [0, 0.05) is 24.9 Å². The molecule has 0 bridgehead atoms. The zero-order valence-corrected chi connectivity index (χ0v) is 14.9. The van der Waals surface area contributed by atoms with Crippen LogP contribution in [0, 0.1) is 5.82 Å². The average molecular weight is 381 g/mol. The number of hydrogen-bond donors (Lipinski definition) is 1. The van der Waals surface area contributed by atoms with E-state index >= 15 is 0 Å². The molecule has 3 heterocycles. The van der Waals surface area contributed by atoms with Crippen LogP contribution in [0.1, 0.15) is 28.6 Å². The minimum Gasteiger partial charge on any atom is -0.496 e. The third kappa shape index (κ3) is 3.22. The van der Waals surface area contributed by atoms with Gasteiger partial charge in [-0.15, -0.1) is 0 Å². The number of amides is 1. The van der Waals surface area contributed by atoms with E-state index in [1.54, 1.807) is 12.3 Å². The molecule has 0 fully saturated rings. The van der Waals surface area contributed by atoms with Crippen LogP contribution in [0.5, 0.6) is 5.75 Å². The lowest BCUT2D eigenvalue weighted by Gasteiger charge is -2.15. The first-order valence-electron chi connectivity index (χ1n) is 8.59. The molecule has 4 rings (SSSR count). The molecule has 2 aromatic heterocycles. The molecule has 1 aliphatic rings. The van der Waals surface area contributed by atoms with Crippen molar-refractivity contribution in [2.75, 3.05) is 7.11 Å². The second-order valence-electron chi connectivity index (χ2n) is 6.24. The van der Waals surface area contributed by atoms with Gasteiger partial charge in [-0.25, -0.2) is 19.3 Å². The fourth-order valence-corrected chi connectivity index (χ4v) is 3.20. The summed E-state index contributed by atoms with van der Waals surface area (Å²) in [6.45, 7) is 0.441. The molecule has 0 saturated heterocycles. The molecule has 1 N–H and O–H groups in total. The van der Waals surface area contributed by atoms with Crippen LogP contribution in [-0.2, 0) is 6.54 Å². The number of nitrogens with zero attached hydrogens (tertiary/aromatic N) is 4. The summed E-state index contributed by atoms with van der Waals surface area (Å²) in [5.74, 6) is -0.342. The molecule has 0 saturated carbocycles. The van der Waals surface area contributed by atoms with E-state index < -0.39 is 17.8 Å². The molecule has 1 aliphatic heterocycles. The minimum absolute atomic E-state index is 0.135. The van der Waals surface area contributed by atoms with Crippen molar-refractivity contribution in [1.82, 2.24) is 24.8 Å². The van der Waals surface area contributed by atoms with Crippen molar-refractivity contribution < 1.29 is 13.9 Å². The standard InChI is InChI=1S/C19H16FN5O3/c1-28-16-8-11(20)2-3-12(16)19(27)24-14-5-7-25-17(26)9-15(23-18(14)25)13-4-6-21-10-22-13/h2-4,6,8-10,14H,5,7H2,1H3,(H,24,27). The highest BCUT2D eigenvalue weighted by molar-refractivity contribution is 5.97. The molecule has 9 heteroatoms. The lowest BCUT2D eigenvalue weighted by molar-refractivity contribution is 0.0932. The number of rotatable bonds is 4. The van der Waals surface area contributed by atoms with Crippen molar-refractivity contribution in [1.29, 1.82) is 0 Å². The van der Waals surface area contributed by atoms with Gasteiger partial charge in [0.15, 0.2) is 0 Å². The lowest BCUT2D eigenvalue weighted by Crippen LogP contribution is -2.30. The zero-order valence-electron chi connectivity index (χ0n) is 14.9. The molecule has 3 aromatic rings. The monoisotopic (exact) mass is 381 g/mol. The summed E-state index contributed by atoms with van der Waals surface area (Å²) in [6.07, 6.45) is 3.46. The maximum atomic E-state index is 13.4. The van der Waals surface area contributed by atoms with Crippen molar-refractivity contribution in [3.63, 3.8) is 0 Å². The Balaban J connectivity index is 1.65. The summed E-state index contributed by atoms with van der Waals surface area (Å²) < 4.78 is 20.0. The smallest absolute Gasteiger partial charge is 0.255 e. The van der Waals surface area contributed by atoms with E-state index in [0.717, 1.165) is 6.07 Å². The van der Waals surface area contributed by atoms with Crippen LogP contribution in [-0.4, -0.2) is 32.5 Å². The number of carbonyl (C=O) groups excluding carboxylic acids is 1. The normalized spacial score (nSPS) is 15.1. The first-order chi connectivity index (χ1) is 13.6. The van der Waals surface area contributed by atoms with E-state index in [2.05, 4.69) is 20.3 Å². The molecule has 142 valence electrons. The van der Waals surface area contributed by atoms with Crippen molar-refractivity contribution in [2.24, 2.45) is 0 Å². The van der Waals surface area contributed by atoms with E-state index in [1.165, 1.54) is 36.2 Å². The topological polar surface area (TPSA) is 99.0 Å². The highest BCUT2D eigenvalue weighted by atomic mass is 19.1. The van der Waals surface area contributed by atoms with Crippen molar-refractivity contribution in [2.45, 2.75) is 19.0 Å². The Morgan fingerprint density at radius 3 is 2.89 bits per heavy atom. The fourth-order valence-electron chi connectivity index (χ4n) is 3.20. The summed E-state index contributed by atoms with van der Waals surface area (Å²) in [7, 11) is 1.37. The zero-order chi connectivity index (χ0) is 19.7. The van der Waals surface area contributed by atoms with Gasteiger partial charge >= 0.3 is 0 Å². The van der Waals surface area contributed by atoms with Gasteiger partial charge in [-0.2, -0.15) is 0 Å². The number of methoxy groups -OCH3 is 1. The molecule has 0 spiro atoms. The van der Waals surface area contributed by atoms with Gasteiger partial charge in [-0.05, 0) is 24.6 Å². The number of benzene rings is 1.